The third kappa shape index (κ3) is 1.76. The summed E-state index contributed by atoms with van der Waals surface area (Å²) in [6, 6.07) is 5.45. The largest absolute Gasteiger partial charge is 0.398 e. The number of aromatic nitrogens is 2. The fourth-order valence-electron chi connectivity index (χ4n) is 1.12. The summed E-state index contributed by atoms with van der Waals surface area (Å²) in [5, 5.41) is 0.548. The maximum absolute atomic E-state index is 5.90. The first-order chi connectivity index (χ1) is 6.66. The molecule has 0 atom stereocenters. The van der Waals surface area contributed by atoms with E-state index in [1.54, 1.807) is 18.5 Å². The van der Waals surface area contributed by atoms with Crippen LogP contribution < -0.4 is 5.73 Å². The number of nitrogens with two attached hydrogens (primary N) is 1. The van der Waals surface area contributed by atoms with Crippen molar-refractivity contribution in [3.63, 3.8) is 0 Å². The van der Waals surface area contributed by atoms with Crippen LogP contribution in [0.2, 0.25) is 5.02 Å². The lowest BCUT2D eigenvalue weighted by Crippen LogP contribution is -1.92. The van der Waals surface area contributed by atoms with Gasteiger partial charge in [0.1, 0.15) is 10.9 Å². The van der Waals surface area contributed by atoms with Gasteiger partial charge in [-0.3, -0.25) is 0 Å². The van der Waals surface area contributed by atoms with Gasteiger partial charge in [-0.05, 0) is 34.1 Å². The number of imidazole rings is 1. The quantitative estimate of drug-likeness (QED) is 0.811. The highest BCUT2D eigenvalue weighted by atomic mass is 79.9. The van der Waals surface area contributed by atoms with Gasteiger partial charge in [0.05, 0.1) is 10.7 Å². The minimum Gasteiger partial charge on any atom is -0.398 e. The van der Waals surface area contributed by atoms with Gasteiger partial charge in [0.2, 0.25) is 0 Å². The number of nitrogens with zero attached hydrogens (tertiary/aromatic N) is 2. The molecule has 0 unspecified atom stereocenters. The summed E-state index contributed by atoms with van der Waals surface area (Å²) in [7, 11) is 0. The molecule has 0 amide bonds. The van der Waals surface area contributed by atoms with Gasteiger partial charge in [-0.15, -0.1) is 0 Å². The number of nitrogen functional groups attached to an aromatic ring is 1. The molecule has 0 spiro atoms. The van der Waals surface area contributed by atoms with Gasteiger partial charge in [0.25, 0.3) is 0 Å². The SMILES string of the molecule is Nc1ccc(-n2cnc(Br)c2)cc1Cl. The molecule has 0 aliphatic carbocycles. The van der Waals surface area contributed by atoms with Crippen LogP contribution >= 0.6 is 27.5 Å². The molecule has 0 bridgehead atoms. The zero-order valence-corrected chi connectivity index (χ0v) is 9.46. The van der Waals surface area contributed by atoms with Crippen LogP contribution in [0.5, 0.6) is 0 Å². The van der Waals surface area contributed by atoms with Crippen LogP contribution in [0.15, 0.2) is 35.3 Å². The second-order valence-electron chi connectivity index (χ2n) is 2.81. The molecule has 2 rings (SSSR count). The molecule has 1 aromatic heterocycles. The topological polar surface area (TPSA) is 43.8 Å². The predicted molar refractivity (Wildman–Crippen MR) is 60.7 cm³/mol. The molecule has 3 nitrogen and oxygen atoms in total. The highest BCUT2D eigenvalue weighted by molar-refractivity contribution is 9.10. The first-order valence-corrected chi connectivity index (χ1v) is 5.09. The normalized spacial score (nSPS) is 10.4. The van der Waals surface area contributed by atoms with Gasteiger partial charge in [-0.1, -0.05) is 11.6 Å². The van der Waals surface area contributed by atoms with Crippen LogP contribution in [-0.4, -0.2) is 9.55 Å². The third-order valence-corrected chi connectivity index (χ3v) is 2.57. The van der Waals surface area contributed by atoms with E-state index in [-0.39, 0.29) is 0 Å². The van der Waals surface area contributed by atoms with Gasteiger partial charge >= 0.3 is 0 Å². The van der Waals surface area contributed by atoms with Crippen molar-refractivity contribution in [3.05, 3.63) is 40.3 Å². The molecule has 5 heteroatoms. The van der Waals surface area contributed by atoms with Crippen LogP contribution in [0.25, 0.3) is 5.69 Å². The first-order valence-electron chi connectivity index (χ1n) is 3.92. The van der Waals surface area contributed by atoms with Crippen molar-refractivity contribution in [2.75, 3.05) is 5.73 Å². The number of halogens is 2. The summed E-state index contributed by atoms with van der Waals surface area (Å²) >= 11 is 9.17. The maximum Gasteiger partial charge on any atom is 0.124 e. The fourth-order valence-corrected chi connectivity index (χ4v) is 1.60. The van der Waals surface area contributed by atoms with E-state index < -0.39 is 0 Å². The number of hydrogen-bond acceptors (Lipinski definition) is 2. The molecule has 0 aliphatic rings. The Morgan fingerprint density at radius 1 is 1.43 bits per heavy atom. The van der Waals surface area contributed by atoms with Crippen molar-refractivity contribution < 1.29 is 0 Å². The molecule has 0 fully saturated rings. The number of benzene rings is 1. The molecule has 0 aliphatic heterocycles. The van der Waals surface area contributed by atoms with Crippen molar-refractivity contribution in [1.29, 1.82) is 0 Å². The first kappa shape index (κ1) is 9.55. The summed E-state index contributed by atoms with van der Waals surface area (Å²) in [5.74, 6) is 0. The van der Waals surface area contributed by atoms with Crippen LogP contribution in [-0.2, 0) is 0 Å². The molecule has 0 saturated carbocycles. The zero-order valence-electron chi connectivity index (χ0n) is 7.11. The molecule has 0 radical (unpaired) electrons. The Morgan fingerprint density at radius 3 is 2.79 bits per heavy atom. The standard InChI is InChI=1S/C9H7BrClN3/c10-9-4-14(5-13-9)6-1-2-8(12)7(11)3-6/h1-5H,12H2. The zero-order chi connectivity index (χ0) is 10.1. The maximum atomic E-state index is 5.90. The molecule has 14 heavy (non-hydrogen) atoms. The highest BCUT2D eigenvalue weighted by Gasteiger charge is 2.01. The van der Waals surface area contributed by atoms with Gasteiger partial charge < -0.3 is 10.3 Å². The van der Waals surface area contributed by atoms with Crippen LogP contribution in [0, 0.1) is 0 Å². The Morgan fingerprint density at radius 2 is 2.21 bits per heavy atom. The Kier molecular flexibility index (Phi) is 2.48. The molecule has 2 aromatic rings. The van der Waals surface area contributed by atoms with Gasteiger partial charge in [0, 0.05) is 11.9 Å². The van der Waals surface area contributed by atoms with Crippen molar-refractivity contribution in [2.24, 2.45) is 0 Å². The average Bonchev–Trinajstić information content (AvgIpc) is 2.57. The summed E-state index contributed by atoms with van der Waals surface area (Å²) in [6.45, 7) is 0. The van der Waals surface area contributed by atoms with Crippen LogP contribution in [0.3, 0.4) is 0 Å². The lowest BCUT2D eigenvalue weighted by molar-refractivity contribution is 1.06. The van der Waals surface area contributed by atoms with E-state index >= 15 is 0 Å². The van der Waals surface area contributed by atoms with Crippen LogP contribution in [0.1, 0.15) is 0 Å². The third-order valence-electron chi connectivity index (χ3n) is 1.83. The molecule has 1 aromatic carbocycles. The summed E-state index contributed by atoms with van der Waals surface area (Å²) in [6.07, 6.45) is 3.55. The van der Waals surface area contributed by atoms with E-state index in [0.29, 0.717) is 10.7 Å². The summed E-state index contributed by atoms with van der Waals surface area (Å²) in [5.41, 5.74) is 7.12. The second-order valence-corrected chi connectivity index (χ2v) is 4.03. The van der Waals surface area contributed by atoms with Crippen LogP contribution in [0.4, 0.5) is 5.69 Å². The van der Waals surface area contributed by atoms with Crippen molar-refractivity contribution in [3.8, 4) is 5.69 Å². The van der Waals surface area contributed by atoms with Gasteiger partial charge in [0.15, 0.2) is 0 Å². The molecule has 72 valence electrons. The lowest BCUT2D eigenvalue weighted by Gasteiger charge is -2.03. The fraction of sp³-hybridized carbons (Fsp3) is 0. The van der Waals surface area contributed by atoms with Crippen molar-refractivity contribution in [1.82, 2.24) is 9.55 Å². The Labute approximate surface area is 94.6 Å². The Bertz CT molecular complexity index is 467. The number of anilines is 1. The molecular formula is C9H7BrClN3. The van der Waals surface area contributed by atoms with E-state index in [2.05, 4.69) is 20.9 Å². The summed E-state index contributed by atoms with van der Waals surface area (Å²) < 4.78 is 2.64. The van der Waals surface area contributed by atoms with Crippen molar-refractivity contribution >= 4 is 33.2 Å². The molecule has 2 N–H and O–H groups in total. The minimum absolute atomic E-state index is 0.548. The molecule has 1 heterocycles. The lowest BCUT2D eigenvalue weighted by atomic mass is 10.3. The molecular weight excluding hydrogens is 265 g/mol. The van der Waals surface area contributed by atoms with E-state index in [9.17, 15) is 0 Å². The van der Waals surface area contributed by atoms with E-state index in [4.69, 9.17) is 17.3 Å². The summed E-state index contributed by atoms with van der Waals surface area (Å²) in [4.78, 5) is 4.05. The second kappa shape index (κ2) is 3.63. The Balaban J connectivity index is 2.47. The number of hydrogen-bond donors (Lipinski definition) is 1. The van der Waals surface area contributed by atoms with Gasteiger partial charge in [-0.2, -0.15) is 0 Å². The average molecular weight is 273 g/mol. The van der Waals surface area contributed by atoms with E-state index in [1.165, 1.54) is 0 Å². The van der Waals surface area contributed by atoms with Gasteiger partial charge in [-0.25, -0.2) is 4.98 Å². The Hall–Kier alpha value is -1.00. The van der Waals surface area contributed by atoms with Crippen molar-refractivity contribution in [2.45, 2.75) is 0 Å². The van der Waals surface area contributed by atoms with E-state index in [1.807, 2.05) is 16.8 Å². The smallest absolute Gasteiger partial charge is 0.124 e. The predicted octanol–water partition coefficient (Wildman–Crippen LogP) is 2.87. The monoisotopic (exact) mass is 271 g/mol. The number of rotatable bonds is 1. The highest BCUT2D eigenvalue weighted by Crippen LogP contribution is 2.22. The minimum atomic E-state index is 0.548. The van der Waals surface area contributed by atoms with E-state index in [0.717, 1.165) is 10.3 Å². The molecule has 0 saturated heterocycles.